The van der Waals surface area contributed by atoms with Crippen molar-refractivity contribution in [1.82, 2.24) is 5.32 Å². The van der Waals surface area contributed by atoms with E-state index in [1.54, 1.807) is 0 Å². The van der Waals surface area contributed by atoms with Gasteiger partial charge in [0.25, 0.3) is 0 Å². The molecule has 8 heteroatoms. The van der Waals surface area contributed by atoms with E-state index in [1.807, 2.05) is 5.32 Å². The lowest BCUT2D eigenvalue weighted by molar-refractivity contribution is -0.112. The molecule has 0 amide bonds. The van der Waals surface area contributed by atoms with Gasteiger partial charge in [-0.2, -0.15) is 13.2 Å². The lowest BCUT2D eigenvalue weighted by Crippen LogP contribution is -2.40. The normalized spacial score (nSPS) is 28.2. The largest absolute Gasteiger partial charge is 0.431 e. The highest BCUT2D eigenvalue weighted by Gasteiger charge is 2.47. The van der Waals surface area contributed by atoms with Crippen molar-refractivity contribution in [2.75, 3.05) is 0 Å². The van der Waals surface area contributed by atoms with E-state index in [0.717, 1.165) is 5.41 Å². The molecule has 74 valence electrons. The van der Waals surface area contributed by atoms with Crippen LogP contribution in [0.25, 0.3) is 0 Å². The maximum Gasteiger partial charge on any atom is 0.431 e. The van der Waals surface area contributed by atoms with E-state index in [4.69, 9.17) is 11.6 Å². The Bertz CT molecular complexity index is 279. The van der Waals surface area contributed by atoms with E-state index in [2.05, 4.69) is 12.6 Å². The van der Waals surface area contributed by atoms with Crippen LogP contribution in [0.3, 0.4) is 0 Å². The van der Waals surface area contributed by atoms with Crippen molar-refractivity contribution < 1.29 is 18.0 Å². The molecule has 2 nitrogen and oxygen atoms in total. The highest BCUT2D eigenvalue weighted by Crippen LogP contribution is 2.42. The van der Waals surface area contributed by atoms with E-state index in [0.29, 0.717) is 11.8 Å². The van der Waals surface area contributed by atoms with Gasteiger partial charge < -0.3 is 5.32 Å². The van der Waals surface area contributed by atoms with Crippen molar-refractivity contribution in [3.05, 3.63) is 11.1 Å². The van der Waals surface area contributed by atoms with E-state index < -0.39 is 21.3 Å². The molecule has 0 bridgehead atoms. The Morgan fingerprint density at radius 1 is 1.69 bits per heavy atom. The van der Waals surface area contributed by atoms with E-state index in [9.17, 15) is 18.0 Å². The molecule has 0 radical (unpaired) electrons. The number of nitrogens with one attached hydrogen (secondary N) is 1. The Kier molecular flexibility index (Phi) is 2.80. The number of allylic oxidation sites excluding steroid dienone is 1. The van der Waals surface area contributed by atoms with Crippen LogP contribution in [0.4, 0.5) is 13.2 Å². The minimum Gasteiger partial charge on any atom is -0.347 e. The molecule has 1 atom stereocenters. The van der Waals surface area contributed by atoms with Crippen molar-refractivity contribution in [3.8, 4) is 0 Å². The van der Waals surface area contributed by atoms with Gasteiger partial charge in [-0.1, -0.05) is 23.4 Å². The zero-order chi connectivity index (χ0) is 10.3. The van der Waals surface area contributed by atoms with E-state index in [1.165, 1.54) is 0 Å². The molecule has 13 heavy (non-hydrogen) atoms. The van der Waals surface area contributed by atoms with Gasteiger partial charge in [-0.25, -0.2) is 0 Å². The summed E-state index contributed by atoms with van der Waals surface area (Å²) < 4.78 is 34.3. The van der Waals surface area contributed by atoms with Gasteiger partial charge >= 0.3 is 6.18 Å². The Hall–Kier alpha value is -0.0100. The summed E-state index contributed by atoms with van der Waals surface area (Å²) in [6.07, 6.45) is -4.52. The second-order valence-corrected chi connectivity index (χ2v) is 4.45. The lowest BCUT2D eigenvalue weighted by Gasteiger charge is -2.19. The Balaban J connectivity index is 2.77. The molecule has 0 saturated carbocycles. The highest BCUT2D eigenvalue weighted by atomic mass is 35.5. The molecule has 1 heterocycles. The summed E-state index contributed by atoms with van der Waals surface area (Å²) in [5.41, 5.74) is -1.03. The third-order valence-corrected chi connectivity index (χ3v) is 3.33. The Morgan fingerprint density at radius 2 is 2.23 bits per heavy atom. The number of carbonyl (C=O) groups excluding carboxylic acids is 1. The van der Waals surface area contributed by atoms with Gasteiger partial charge in [0.1, 0.15) is 5.70 Å². The molecule has 1 N–H and O–H groups in total. The molecule has 0 aromatic carbocycles. The summed E-state index contributed by atoms with van der Waals surface area (Å²) in [6.45, 7) is 0. The molecule has 0 aromatic rings. The third kappa shape index (κ3) is 2.26. The van der Waals surface area contributed by atoms with Crippen LogP contribution in [-0.2, 0) is 4.79 Å². The molecule has 1 aliphatic heterocycles. The van der Waals surface area contributed by atoms with Crippen LogP contribution in [0.1, 0.15) is 0 Å². The number of thioether (sulfide) groups is 1. The maximum absolute atomic E-state index is 12.0. The zero-order valence-corrected chi connectivity index (χ0v) is 8.32. The lowest BCUT2D eigenvalue weighted by atomic mass is 10.4. The number of carbonyl (C=O) groups is 1. The van der Waals surface area contributed by atoms with Gasteiger partial charge in [0.05, 0.1) is 0 Å². The zero-order valence-electron chi connectivity index (χ0n) is 5.85. The quantitative estimate of drug-likeness (QED) is 0.424. The smallest absolute Gasteiger partial charge is 0.347 e. The SMILES string of the molecule is O=C(S)C1(Cl)NC(C(F)(F)F)=CS1. The van der Waals surface area contributed by atoms with Gasteiger partial charge in [0.2, 0.25) is 9.45 Å². The van der Waals surface area contributed by atoms with Crippen LogP contribution < -0.4 is 5.32 Å². The van der Waals surface area contributed by atoms with Crippen LogP contribution >= 0.6 is 36.0 Å². The number of hydrogen-bond donors (Lipinski definition) is 2. The number of thiol groups is 1. The summed E-state index contributed by atoms with van der Waals surface area (Å²) in [7, 11) is 0. The second-order valence-electron chi connectivity index (χ2n) is 2.17. The molecule has 0 fully saturated rings. The van der Waals surface area contributed by atoms with Crippen LogP contribution in [0.15, 0.2) is 11.1 Å². The van der Waals surface area contributed by atoms with Gasteiger partial charge in [-0.05, 0) is 0 Å². The van der Waals surface area contributed by atoms with Gasteiger partial charge in [-0.15, -0.1) is 12.6 Å². The van der Waals surface area contributed by atoms with Gasteiger partial charge in [0, 0.05) is 5.41 Å². The molecule has 1 unspecified atom stereocenters. The second kappa shape index (κ2) is 3.29. The number of hydrogen-bond acceptors (Lipinski definition) is 3. The standard InChI is InChI=1S/C5H3ClF3NOS2/c6-4(3(11)12)10-2(1-13-4)5(7,8)9/h1,10H,(H,11,12). The van der Waals surface area contributed by atoms with Crippen LogP contribution in [0.5, 0.6) is 0 Å². The number of alkyl halides is 4. The molecule has 0 spiro atoms. The van der Waals surface area contributed by atoms with E-state index in [-0.39, 0.29) is 0 Å². The van der Waals surface area contributed by atoms with E-state index >= 15 is 0 Å². The van der Waals surface area contributed by atoms with Crippen LogP contribution in [0, 0.1) is 0 Å². The first-order valence-electron chi connectivity index (χ1n) is 2.91. The molecule has 1 rings (SSSR count). The Morgan fingerprint density at radius 3 is 2.46 bits per heavy atom. The number of rotatable bonds is 1. The summed E-state index contributed by atoms with van der Waals surface area (Å²) >= 11 is 9.37. The average molecular weight is 250 g/mol. The molecular formula is C5H3ClF3NOS2. The molecule has 0 aliphatic carbocycles. The Labute approximate surface area is 86.3 Å². The van der Waals surface area contributed by atoms with Crippen molar-refractivity contribution >= 4 is 41.1 Å². The fourth-order valence-corrected chi connectivity index (χ4v) is 1.81. The average Bonchev–Trinajstić information content (AvgIpc) is 2.31. The summed E-state index contributed by atoms with van der Waals surface area (Å²) in [5, 5.41) is 1.73. The maximum atomic E-state index is 12.0. The third-order valence-electron chi connectivity index (χ3n) is 1.22. The predicted molar refractivity (Wildman–Crippen MR) is 47.4 cm³/mol. The summed E-state index contributed by atoms with van der Waals surface area (Å²) in [6, 6.07) is 0. The topological polar surface area (TPSA) is 29.1 Å². The predicted octanol–water partition coefficient (Wildman–Crippen LogP) is 2.08. The van der Waals surface area contributed by atoms with Crippen LogP contribution in [0.2, 0.25) is 0 Å². The fraction of sp³-hybridized carbons (Fsp3) is 0.400. The highest BCUT2D eigenvalue weighted by molar-refractivity contribution is 8.09. The first-order chi connectivity index (χ1) is 5.76. The molecular weight excluding hydrogens is 247 g/mol. The summed E-state index contributed by atoms with van der Waals surface area (Å²) in [4.78, 5) is 10.7. The molecule has 0 aromatic heterocycles. The first-order valence-corrected chi connectivity index (χ1v) is 4.62. The monoisotopic (exact) mass is 249 g/mol. The van der Waals surface area contributed by atoms with Crippen molar-refractivity contribution in [2.45, 2.75) is 10.5 Å². The summed E-state index contributed by atoms with van der Waals surface area (Å²) in [5.74, 6) is 0. The molecule has 1 aliphatic rings. The van der Waals surface area contributed by atoms with Crippen LogP contribution in [-0.4, -0.2) is 15.6 Å². The first kappa shape index (κ1) is 11.1. The van der Waals surface area contributed by atoms with Gasteiger partial charge in [-0.3, -0.25) is 4.79 Å². The van der Waals surface area contributed by atoms with Crippen molar-refractivity contribution in [1.29, 1.82) is 0 Å². The molecule has 0 saturated heterocycles. The number of halogens is 4. The fourth-order valence-electron chi connectivity index (χ4n) is 0.614. The van der Waals surface area contributed by atoms with Gasteiger partial charge in [0.15, 0.2) is 0 Å². The van der Waals surface area contributed by atoms with Crippen molar-refractivity contribution in [3.63, 3.8) is 0 Å². The minimum absolute atomic E-state index is 0.534. The van der Waals surface area contributed by atoms with Crippen molar-refractivity contribution in [2.24, 2.45) is 0 Å². The minimum atomic E-state index is -4.52.